The highest BCUT2D eigenvalue weighted by atomic mass is 16.2. The van der Waals surface area contributed by atoms with Crippen LogP contribution in [0.15, 0.2) is 0 Å². The minimum absolute atomic E-state index is 0.0893. The maximum absolute atomic E-state index is 10.7. The third kappa shape index (κ3) is 1.24. The highest BCUT2D eigenvalue weighted by molar-refractivity contribution is 5.88. The van der Waals surface area contributed by atoms with E-state index >= 15 is 0 Å². The Bertz CT molecular complexity index is 168. The van der Waals surface area contributed by atoms with Crippen molar-refractivity contribution in [1.82, 2.24) is 10.7 Å². The monoisotopic (exact) mass is 143 g/mol. The molecule has 10 heavy (non-hydrogen) atoms. The van der Waals surface area contributed by atoms with Gasteiger partial charge in [-0.3, -0.25) is 15.0 Å². The number of hydrogen-bond donors (Lipinski definition) is 3. The SMILES string of the molecule is NNC(=O)[C@@H]1CNC(=O)C1. The normalized spacial score (nSPS) is 24.1. The van der Waals surface area contributed by atoms with E-state index in [1.54, 1.807) is 0 Å². The molecule has 1 rings (SSSR count). The molecule has 5 nitrogen and oxygen atoms in total. The Morgan fingerprint density at radius 2 is 2.50 bits per heavy atom. The van der Waals surface area contributed by atoms with Gasteiger partial charge in [0.15, 0.2) is 0 Å². The summed E-state index contributed by atoms with van der Waals surface area (Å²) in [6, 6.07) is 0. The molecule has 1 heterocycles. The van der Waals surface area contributed by atoms with E-state index in [4.69, 9.17) is 5.84 Å². The lowest BCUT2D eigenvalue weighted by Gasteiger charge is -2.02. The molecule has 0 radical (unpaired) electrons. The van der Waals surface area contributed by atoms with E-state index in [1.165, 1.54) is 0 Å². The number of nitrogens with two attached hydrogens (primary N) is 1. The molecule has 1 fully saturated rings. The number of rotatable bonds is 1. The van der Waals surface area contributed by atoms with Gasteiger partial charge in [0.2, 0.25) is 11.8 Å². The first-order valence-corrected chi connectivity index (χ1v) is 3.01. The largest absolute Gasteiger partial charge is 0.355 e. The molecule has 0 aromatic carbocycles. The zero-order valence-corrected chi connectivity index (χ0v) is 5.39. The lowest BCUT2D eigenvalue weighted by atomic mass is 10.1. The molecular weight excluding hydrogens is 134 g/mol. The lowest BCUT2D eigenvalue weighted by Crippen LogP contribution is -2.36. The van der Waals surface area contributed by atoms with Crippen LogP contribution in [0.25, 0.3) is 0 Å². The van der Waals surface area contributed by atoms with Crippen molar-refractivity contribution in [2.24, 2.45) is 11.8 Å². The number of hydrazine groups is 1. The molecule has 1 aliphatic heterocycles. The van der Waals surface area contributed by atoms with Gasteiger partial charge in [0.25, 0.3) is 0 Å². The van der Waals surface area contributed by atoms with Crippen molar-refractivity contribution in [3.63, 3.8) is 0 Å². The topological polar surface area (TPSA) is 84.2 Å². The van der Waals surface area contributed by atoms with Gasteiger partial charge in [-0.05, 0) is 0 Å². The molecule has 0 aromatic rings. The Kier molecular flexibility index (Phi) is 1.86. The first-order valence-electron chi connectivity index (χ1n) is 3.01. The molecule has 0 bridgehead atoms. The van der Waals surface area contributed by atoms with Gasteiger partial charge in [0.05, 0.1) is 5.92 Å². The van der Waals surface area contributed by atoms with Crippen molar-refractivity contribution < 1.29 is 9.59 Å². The first kappa shape index (κ1) is 7.01. The summed E-state index contributed by atoms with van der Waals surface area (Å²) in [6.45, 7) is 0.405. The summed E-state index contributed by atoms with van der Waals surface area (Å²) in [5.74, 6) is 4.21. The fraction of sp³-hybridized carbons (Fsp3) is 0.600. The smallest absolute Gasteiger partial charge is 0.239 e. The Balaban J connectivity index is 2.44. The zero-order valence-electron chi connectivity index (χ0n) is 5.39. The highest BCUT2D eigenvalue weighted by Crippen LogP contribution is 2.07. The average molecular weight is 143 g/mol. The predicted molar refractivity (Wildman–Crippen MR) is 33.4 cm³/mol. The second-order valence-corrected chi connectivity index (χ2v) is 2.21. The van der Waals surface area contributed by atoms with Gasteiger partial charge >= 0.3 is 0 Å². The fourth-order valence-electron chi connectivity index (χ4n) is 0.908. The molecule has 1 saturated heterocycles. The van der Waals surface area contributed by atoms with Crippen LogP contribution in [0.4, 0.5) is 0 Å². The second kappa shape index (κ2) is 2.66. The molecule has 0 saturated carbocycles. The summed E-state index contributed by atoms with van der Waals surface area (Å²) in [7, 11) is 0. The van der Waals surface area contributed by atoms with Crippen LogP contribution in [0.1, 0.15) is 6.42 Å². The summed E-state index contributed by atoms with van der Waals surface area (Å²) >= 11 is 0. The summed E-state index contributed by atoms with van der Waals surface area (Å²) < 4.78 is 0. The van der Waals surface area contributed by atoms with E-state index in [2.05, 4.69) is 5.32 Å². The molecule has 0 spiro atoms. The molecule has 4 N–H and O–H groups in total. The van der Waals surface area contributed by atoms with Crippen molar-refractivity contribution in [3.8, 4) is 0 Å². The molecule has 1 atom stereocenters. The molecule has 0 unspecified atom stereocenters. The molecule has 56 valence electrons. The van der Waals surface area contributed by atoms with E-state index in [0.29, 0.717) is 6.54 Å². The summed E-state index contributed by atoms with van der Waals surface area (Å²) in [4.78, 5) is 21.3. The average Bonchev–Trinajstić information content (AvgIpc) is 2.34. The summed E-state index contributed by atoms with van der Waals surface area (Å²) in [6.07, 6.45) is 0.253. The zero-order chi connectivity index (χ0) is 7.56. The van der Waals surface area contributed by atoms with Crippen LogP contribution in [0.3, 0.4) is 0 Å². The Labute approximate surface area is 57.9 Å². The van der Waals surface area contributed by atoms with E-state index in [0.717, 1.165) is 0 Å². The van der Waals surface area contributed by atoms with Crippen LogP contribution in [-0.4, -0.2) is 18.4 Å². The third-order valence-electron chi connectivity index (χ3n) is 1.49. The molecular formula is C5H9N3O2. The maximum Gasteiger partial charge on any atom is 0.239 e. The third-order valence-corrected chi connectivity index (χ3v) is 1.49. The number of carbonyl (C=O) groups excluding carboxylic acids is 2. The number of hydrogen-bond acceptors (Lipinski definition) is 3. The van der Waals surface area contributed by atoms with Crippen molar-refractivity contribution in [2.45, 2.75) is 6.42 Å². The van der Waals surface area contributed by atoms with Crippen LogP contribution in [0.2, 0.25) is 0 Å². The number of carbonyl (C=O) groups is 2. The van der Waals surface area contributed by atoms with Gasteiger partial charge in [0, 0.05) is 13.0 Å². The van der Waals surface area contributed by atoms with Gasteiger partial charge in [-0.25, -0.2) is 5.84 Å². The standard InChI is InChI=1S/C5H9N3O2/c6-8-5(10)3-1-4(9)7-2-3/h3H,1-2,6H2,(H,7,9)(H,8,10)/t3-/m0/s1. The van der Waals surface area contributed by atoms with Crippen molar-refractivity contribution in [3.05, 3.63) is 0 Å². The molecule has 2 amide bonds. The second-order valence-electron chi connectivity index (χ2n) is 2.21. The molecule has 0 aliphatic carbocycles. The minimum atomic E-state index is -0.280. The minimum Gasteiger partial charge on any atom is -0.355 e. The van der Waals surface area contributed by atoms with Crippen LogP contribution >= 0.6 is 0 Å². The predicted octanol–water partition coefficient (Wildman–Crippen LogP) is -1.89. The molecule has 5 heteroatoms. The van der Waals surface area contributed by atoms with Crippen LogP contribution in [0, 0.1) is 5.92 Å². The molecule has 0 aromatic heterocycles. The van der Waals surface area contributed by atoms with Gasteiger partial charge in [-0.15, -0.1) is 0 Å². The highest BCUT2D eigenvalue weighted by Gasteiger charge is 2.26. The summed E-state index contributed by atoms with van der Waals surface area (Å²) in [5, 5.41) is 2.53. The van der Waals surface area contributed by atoms with Crippen LogP contribution < -0.4 is 16.6 Å². The quantitative estimate of drug-likeness (QED) is 0.228. The van der Waals surface area contributed by atoms with E-state index in [-0.39, 0.29) is 24.2 Å². The van der Waals surface area contributed by atoms with E-state index < -0.39 is 0 Å². The van der Waals surface area contributed by atoms with E-state index in [9.17, 15) is 9.59 Å². The Morgan fingerprint density at radius 3 is 2.90 bits per heavy atom. The van der Waals surface area contributed by atoms with Crippen molar-refractivity contribution >= 4 is 11.8 Å². The first-order chi connectivity index (χ1) is 4.74. The van der Waals surface area contributed by atoms with Crippen LogP contribution in [0.5, 0.6) is 0 Å². The van der Waals surface area contributed by atoms with Crippen LogP contribution in [-0.2, 0) is 9.59 Å². The van der Waals surface area contributed by atoms with Crippen molar-refractivity contribution in [2.75, 3.05) is 6.54 Å². The maximum atomic E-state index is 10.7. The fourth-order valence-corrected chi connectivity index (χ4v) is 0.908. The number of nitrogens with one attached hydrogen (secondary N) is 2. The van der Waals surface area contributed by atoms with Gasteiger partial charge < -0.3 is 5.32 Å². The lowest BCUT2D eigenvalue weighted by molar-refractivity contribution is -0.126. The van der Waals surface area contributed by atoms with Crippen molar-refractivity contribution in [1.29, 1.82) is 0 Å². The molecule has 1 aliphatic rings. The van der Waals surface area contributed by atoms with Gasteiger partial charge in [-0.2, -0.15) is 0 Å². The number of amides is 2. The Morgan fingerprint density at radius 1 is 1.80 bits per heavy atom. The van der Waals surface area contributed by atoms with E-state index in [1.807, 2.05) is 5.43 Å². The van der Waals surface area contributed by atoms with Gasteiger partial charge in [-0.1, -0.05) is 0 Å². The summed E-state index contributed by atoms with van der Waals surface area (Å²) in [5.41, 5.74) is 2.00. The van der Waals surface area contributed by atoms with Gasteiger partial charge in [0.1, 0.15) is 0 Å². The Hall–Kier alpha value is -1.10.